The zero-order chi connectivity index (χ0) is 13.8. The molecule has 0 spiro atoms. The summed E-state index contributed by atoms with van der Waals surface area (Å²) in [6.45, 7) is 7.07. The third-order valence-corrected chi connectivity index (χ3v) is 2.14. The van der Waals surface area contributed by atoms with Crippen molar-refractivity contribution in [3.8, 4) is 5.75 Å². The molecular formula is C14H19NO3. The minimum Gasteiger partial charge on any atom is -0.483 e. The van der Waals surface area contributed by atoms with Crippen LogP contribution in [0.2, 0.25) is 0 Å². The molecule has 0 aliphatic rings. The van der Waals surface area contributed by atoms with Gasteiger partial charge in [0.25, 0.3) is 5.91 Å². The number of ketones is 1. The van der Waals surface area contributed by atoms with E-state index in [-0.39, 0.29) is 23.8 Å². The predicted molar refractivity (Wildman–Crippen MR) is 69.8 cm³/mol. The second kappa shape index (κ2) is 5.67. The minimum atomic E-state index is -0.291. The van der Waals surface area contributed by atoms with E-state index in [9.17, 15) is 9.59 Å². The molecule has 1 aromatic carbocycles. The number of Topliss-reactive ketones (excluding diaryl/α,β-unsaturated/α-hetero) is 1. The molecule has 0 saturated heterocycles. The van der Waals surface area contributed by atoms with Gasteiger partial charge in [-0.1, -0.05) is 12.1 Å². The van der Waals surface area contributed by atoms with Crippen LogP contribution in [-0.4, -0.2) is 23.8 Å². The zero-order valence-electron chi connectivity index (χ0n) is 11.2. The molecule has 98 valence electrons. The molecular weight excluding hydrogens is 230 g/mol. The highest BCUT2D eigenvalue weighted by molar-refractivity contribution is 5.96. The fourth-order valence-corrected chi connectivity index (χ4v) is 1.48. The summed E-state index contributed by atoms with van der Waals surface area (Å²) >= 11 is 0. The second-order valence-electron chi connectivity index (χ2n) is 5.14. The van der Waals surface area contributed by atoms with E-state index in [1.165, 1.54) is 6.92 Å². The molecule has 0 atom stereocenters. The number of amides is 1. The molecule has 18 heavy (non-hydrogen) atoms. The first-order valence-electron chi connectivity index (χ1n) is 5.83. The molecule has 0 bridgehead atoms. The topological polar surface area (TPSA) is 55.4 Å². The third-order valence-electron chi connectivity index (χ3n) is 2.14. The molecule has 1 rings (SSSR count). The maximum Gasteiger partial charge on any atom is 0.258 e. The normalized spacial score (nSPS) is 10.9. The number of nitrogens with one attached hydrogen (secondary N) is 1. The lowest BCUT2D eigenvalue weighted by atomic mass is 10.1. The van der Waals surface area contributed by atoms with Gasteiger partial charge in [-0.05, 0) is 39.8 Å². The van der Waals surface area contributed by atoms with Crippen LogP contribution in [-0.2, 0) is 4.79 Å². The van der Waals surface area contributed by atoms with Crippen LogP contribution in [0.3, 0.4) is 0 Å². The molecule has 0 aromatic heterocycles. The average molecular weight is 249 g/mol. The van der Waals surface area contributed by atoms with Crippen LogP contribution in [0.15, 0.2) is 24.3 Å². The molecule has 0 saturated carbocycles. The highest BCUT2D eigenvalue weighted by Gasteiger charge is 2.15. The van der Waals surface area contributed by atoms with Crippen LogP contribution in [0.25, 0.3) is 0 Å². The highest BCUT2D eigenvalue weighted by Crippen LogP contribution is 2.18. The Labute approximate surface area is 107 Å². The number of hydrogen-bond acceptors (Lipinski definition) is 3. The van der Waals surface area contributed by atoms with E-state index in [4.69, 9.17) is 4.74 Å². The van der Waals surface area contributed by atoms with Gasteiger partial charge in [0.2, 0.25) is 0 Å². The lowest BCUT2D eigenvalue weighted by Gasteiger charge is -2.20. The first kappa shape index (κ1) is 14.2. The Hall–Kier alpha value is -1.84. The van der Waals surface area contributed by atoms with Gasteiger partial charge in [-0.25, -0.2) is 0 Å². The molecule has 4 heteroatoms. The molecule has 4 nitrogen and oxygen atoms in total. The van der Waals surface area contributed by atoms with Crippen molar-refractivity contribution in [3.63, 3.8) is 0 Å². The van der Waals surface area contributed by atoms with E-state index in [1.54, 1.807) is 24.3 Å². The number of rotatable bonds is 4. The standard InChI is InChI=1S/C14H19NO3/c1-10(16)11-7-5-6-8-12(11)18-9-13(17)15-14(2,3)4/h5-8H,9H2,1-4H3,(H,15,17). The maximum atomic E-state index is 11.6. The Kier molecular flexibility index (Phi) is 4.48. The van der Waals surface area contributed by atoms with Gasteiger partial charge in [0, 0.05) is 5.54 Å². The summed E-state index contributed by atoms with van der Waals surface area (Å²) in [5.74, 6) is 0.150. The van der Waals surface area contributed by atoms with Gasteiger partial charge in [-0.2, -0.15) is 0 Å². The number of ether oxygens (including phenoxy) is 1. The third kappa shape index (κ3) is 4.57. The monoisotopic (exact) mass is 249 g/mol. The SMILES string of the molecule is CC(=O)c1ccccc1OCC(=O)NC(C)(C)C. The summed E-state index contributed by atoms with van der Waals surface area (Å²) in [5, 5.41) is 2.79. The summed E-state index contributed by atoms with van der Waals surface area (Å²) in [6, 6.07) is 6.89. The van der Waals surface area contributed by atoms with Crippen LogP contribution in [0.4, 0.5) is 0 Å². The van der Waals surface area contributed by atoms with Crippen molar-refractivity contribution in [2.45, 2.75) is 33.2 Å². The Morgan fingerprint density at radius 1 is 1.22 bits per heavy atom. The first-order chi connectivity index (χ1) is 8.29. The lowest BCUT2D eigenvalue weighted by molar-refractivity contribution is -0.124. The summed E-state index contributed by atoms with van der Waals surface area (Å²) in [6.07, 6.45) is 0. The zero-order valence-corrected chi connectivity index (χ0v) is 11.2. The average Bonchev–Trinajstić information content (AvgIpc) is 2.24. The van der Waals surface area contributed by atoms with Gasteiger partial charge < -0.3 is 10.1 Å². The van der Waals surface area contributed by atoms with Gasteiger partial charge in [-0.3, -0.25) is 9.59 Å². The van der Waals surface area contributed by atoms with E-state index < -0.39 is 0 Å². The predicted octanol–water partition coefficient (Wildman–Crippen LogP) is 2.18. The number of carbonyl (C=O) groups is 2. The van der Waals surface area contributed by atoms with E-state index in [2.05, 4.69) is 5.32 Å². The van der Waals surface area contributed by atoms with Crippen molar-refractivity contribution in [2.24, 2.45) is 0 Å². The van der Waals surface area contributed by atoms with Gasteiger partial charge in [0.1, 0.15) is 5.75 Å². The van der Waals surface area contributed by atoms with Crippen molar-refractivity contribution >= 4 is 11.7 Å². The van der Waals surface area contributed by atoms with E-state index in [0.717, 1.165) is 0 Å². The quantitative estimate of drug-likeness (QED) is 0.832. The molecule has 0 aliphatic heterocycles. The first-order valence-corrected chi connectivity index (χ1v) is 5.83. The lowest BCUT2D eigenvalue weighted by Crippen LogP contribution is -2.43. The number of benzene rings is 1. The van der Waals surface area contributed by atoms with Crippen molar-refractivity contribution < 1.29 is 14.3 Å². The van der Waals surface area contributed by atoms with Gasteiger partial charge in [-0.15, -0.1) is 0 Å². The number of carbonyl (C=O) groups excluding carboxylic acids is 2. The molecule has 1 aromatic rings. The molecule has 0 radical (unpaired) electrons. The highest BCUT2D eigenvalue weighted by atomic mass is 16.5. The summed E-state index contributed by atoms with van der Waals surface area (Å²) < 4.78 is 5.37. The van der Waals surface area contributed by atoms with Crippen LogP contribution in [0.1, 0.15) is 38.1 Å². The van der Waals surface area contributed by atoms with Crippen LogP contribution < -0.4 is 10.1 Å². The number of hydrogen-bond donors (Lipinski definition) is 1. The molecule has 0 aliphatic carbocycles. The Balaban J connectivity index is 2.64. The van der Waals surface area contributed by atoms with E-state index in [1.807, 2.05) is 20.8 Å². The summed E-state index contributed by atoms with van der Waals surface area (Å²) in [5.41, 5.74) is 0.196. The van der Waals surface area contributed by atoms with Crippen LogP contribution in [0.5, 0.6) is 5.75 Å². The second-order valence-corrected chi connectivity index (χ2v) is 5.14. The van der Waals surface area contributed by atoms with Gasteiger partial charge >= 0.3 is 0 Å². The fourth-order valence-electron chi connectivity index (χ4n) is 1.48. The Morgan fingerprint density at radius 3 is 2.39 bits per heavy atom. The molecule has 0 heterocycles. The molecule has 1 amide bonds. The van der Waals surface area contributed by atoms with Crippen LogP contribution in [0, 0.1) is 0 Å². The van der Waals surface area contributed by atoms with Crippen molar-refractivity contribution in [3.05, 3.63) is 29.8 Å². The smallest absolute Gasteiger partial charge is 0.258 e. The summed E-state index contributed by atoms with van der Waals surface area (Å²) in [4.78, 5) is 23.0. The van der Waals surface area contributed by atoms with E-state index >= 15 is 0 Å². The van der Waals surface area contributed by atoms with Crippen molar-refractivity contribution in [1.82, 2.24) is 5.32 Å². The van der Waals surface area contributed by atoms with Crippen LogP contribution >= 0.6 is 0 Å². The molecule has 0 unspecified atom stereocenters. The fraction of sp³-hybridized carbons (Fsp3) is 0.429. The largest absolute Gasteiger partial charge is 0.483 e. The maximum absolute atomic E-state index is 11.6. The molecule has 0 fully saturated rings. The van der Waals surface area contributed by atoms with Crippen molar-refractivity contribution in [2.75, 3.05) is 6.61 Å². The Bertz CT molecular complexity index is 447. The van der Waals surface area contributed by atoms with Crippen molar-refractivity contribution in [1.29, 1.82) is 0 Å². The van der Waals surface area contributed by atoms with E-state index in [0.29, 0.717) is 11.3 Å². The number of para-hydroxylation sites is 1. The summed E-state index contributed by atoms with van der Waals surface area (Å²) in [7, 11) is 0. The van der Waals surface area contributed by atoms with Gasteiger partial charge in [0.15, 0.2) is 12.4 Å². The minimum absolute atomic E-state index is 0.0816. The molecule has 1 N–H and O–H groups in total. The Morgan fingerprint density at radius 2 is 1.83 bits per heavy atom. The van der Waals surface area contributed by atoms with Gasteiger partial charge in [0.05, 0.1) is 5.56 Å².